The van der Waals surface area contributed by atoms with Gasteiger partial charge in [0, 0.05) is 11.3 Å². The second-order valence-electron chi connectivity index (χ2n) is 5.22. The van der Waals surface area contributed by atoms with Gasteiger partial charge in [0.15, 0.2) is 0 Å². The van der Waals surface area contributed by atoms with Crippen LogP contribution in [0.3, 0.4) is 0 Å². The number of thioether (sulfide) groups is 1. The van der Waals surface area contributed by atoms with E-state index in [1.807, 2.05) is 23.9 Å². The summed E-state index contributed by atoms with van der Waals surface area (Å²) in [6, 6.07) is 9.12. The number of ether oxygens (including phenoxy) is 1. The molecular formula is C16H25NOS. The molecule has 0 radical (unpaired) electrons. The van der Waals surface area contributed by atoms with Gasteiger partial charge in [0.1, 0.15) is 5.75 Å². The number of hydrogen-bond acceptors (Lipinski definition) is 3. The van der Waals surface area contributed by atoms with Crippen LogP contribution in [0.4, 0.5) is 0 Å². The highest BCUT2D eigenvalue weighted by molar-refractivity contribution is 7.99. The van der Waals surface area contributed by atoms with Crippen molar-refractivity contribution in [1.82, 2.24) is 5.32 Å². The maximum Gasteiger partial charge on any atom is 0.118 e. The zero-order valence-electron chi connectivity index (χ0n) is 12.0. The molecule has 1 aliphatic rings. The first kappa shape index (κ1) is 14.7. The second-order valence-corrected chi connectivity index (χ2v) is 6.29. The van der Waals surface area contributed by atoms with Gasteiger partial charge in [-0.15, -0.1) is 0 Å². The Morgan fingerprint density at radius 3 is 2.63 bits per heavy atom. The largest absolute Gasteiger partial charge is 0.497 e. The van der Waals surface area contributed by atoms with E-state index < -0.39 is 0 Å². The molecule has 3 heteroatoms. The Kier molecular flexibility index (Phi) is 6.05. The van der Waals surface area contributed by atoms with E-state index in [4.69, 9.17) is 4.74 Å². The molecule has 1 aromatic carbocycles. The molecule has 1 aromatic rings. The molecule has 1 aliphatic carbocycles. The molecule has 0 heterocycles. The van der Waals surface area contributed by atoms with Crippen molar-refractivity contribution in [3.8, 4) is 5.75 Å². The van der Waals surface area contributed by atoms with Crippen molar-refractivity contribution < 1.29 is 4.74 Å². The Labute approximate surface area is 121 Å². The number of benzene rings is 1. The molecule has 0 bridgehead atoms. The van der Waals surface area contributed by atoms with Crippen LogP contribution in [0.2, 0.25) is 0 Å². The summed E-state index contributed by atoms with van der Waals surface area (Å²) in [7, 11) is 1.71. The fraction of sp³-hybridized carbons (Fsp3) is 0.625. The lowest BCUT2D eigenvalue weighted by Gasteiger charge is -2.31. The topological polar surface area (TPSA) is 21.3 Å². The highest BCUT2D eigenvalue weighted by Crippen LogP contribution is 2.27. The van der Waals surface area contributed by atoms with Crippen molar-refractivity contribution in [1.29, 1.82) is 0 Å². The molecular weight excluding hydrogens is 254 g/mol. The van der Waals surface area contributed by atoms with E-state index in [2.05, 4.69) is 23.7 Å². The highest BCUT2D eigenvalue weighted by atomic mass is 32.2. The van der Waals surface area contributed by atoms with Gasteiger partial charge < -0.3 is 10.1 Å². The van der Waals surface area contributed by atoms with Gasteiger partial charge in [0.05, 0.1) is 7.11 Å². The van der Waals surface area contributed by atoms with Gasteiger partial charge in [-0.2, -0.15) is 11.8 Å². The third-order valence-corrected chi connectivity index (χ3v) is 5.15. The first-order chi connectivity index (χ1) is 9.33. The van der Waals surface area contributed by atoms with E-state index in [0.717, 1.165) is 24.0 Å². The van der Waals surface area contributed by atoms with Crippen LogP contribution >= 0.6 is 11.8 Å². The molecule has 2 atom stereocenters. The fourth-order valence-corrected chi connectivity index (χ4v) is 3.77. The van der Waals surface area contributed by atoms with Gasteiger partial charge in [-0.25, -0.2) is 0 Å². The van der Waals surface area contributed by atoms with Crippen molar-refractivity contribution >= 4 is 11.8 Å². The van der Waals surface area contributed by atoms with Crippen LogP contribution in [0.25, 0.3) is 0 Å². The van der Waals surface area contributed by atoms with Crippen LogP contribution in [0.5, 0.6) is 5.75 Å². The third kappa shape index (κ3) is 4.43. The predicted molar refractivity (Wildman–Crippen MR) is 84.3 cm³/mol. The molecule has 0 aromatic heterocycles. The third-order valence-electron chi connectivity index (χ3n) is 3.98. The summed E-state index contributed by atoms with van der Waals surface area (Å²) in [6.07, 6.45) is 8.85. The van der Waals surface area contributed by atoms with Crippen LogP contribution in [0, 0.1) is 0 Å². The Hall–Kier alpha value is -0.670. The monoisotopic (exact) mass is 279 g/mol. The first-order valence-electron chi connectivity index (χ1n) is 7.22. The lowest BCUT2D eigenvalue weighted by Crippen LogP contribution is -2.41. The fourth-order valence-electron chi connectivity index (χ4n) is 2.81. The van der Waals surface area contributed by atoms with Gasteiger partial charge in [-0.3, -0.25) is 0 Å². The summed E-state index contributed by atoms with van der Waals surface area (Å²) in [5.74, 6) is 0.937. The first-order valence-corrected chi connectivity index (χ1v) is 8.51. The molecule has 0 amide bonds. The average molecular weight is 279 g/mol. The zero-order chi connectivity index (χ0) is 13.5. The molecule has 1 N–H and O–H groups in total. The smallest absolute Gasteiger partial charge is 0.118 e. The normalized spacial score (nSPS) is 23.3. The minimum Gasteiger partial charge on any atom is -0.497 e. The van der Waals surface area contributed by atoms with E-state index in [9.17, 15) is 0 Å². The van der Waals surface area contributed by atoms with Crippen molar-refractivity contribution in [2.75, 3.05) is 19.9 Å². The lowest BCUT2D eigenvalue weighted by molar-refractivity contribution is 0.386. The van der Waals surface area contributed by atoms with Gasteiger partial charge in [-0.1, -0.05) is 25.0 Å². The van der Waals surface area contributed by atoms with Crippen molar-refractivity contribution in [3.05, 3.63) is 29.8 Å². The Bertz CT molecular complexity index is 366. The molecule has 19 heavy (non-hydrogen) atoms. The number of nitrogens with one attached hydrogen (secondary N) is 1. The predicted octanol–water partition coefficient (Wildman–Crippen LogP) is 3.50. The van der Waals surface area contributed by atoms with E-state index in [-0.39, 0.29) is 0 Å². The molecule has 0 saturated heterocycles. The van der Waals surface area contributed by atoms with Gasteiger partial charge in [-0.05, 0) is 49.8 Å². The minimum atomic E-state index is 0.710. The van der Waals surface area contributed by atoms with E-state index in [1.54, 1.807) is 7.11 Å². The SMILES string of the molecule is COc1ccc(CCNC2CCCCC2SC)cc1. The van der Waals surface area contributed by atoms with E-state index >= 15 is 0 Å². The molecule has 0 aliphatic heterocycles. The molecule has 2 rings (SSSR count). The standard InChI is InChI=1S/C16H25NOS/c1-18-14-9-7-13(8-10-14)11-12-17-15-5-3-4-6-16(15)19-2/h7-10,15-17H,3-6,11-12H2,1-2H3. The number of rotatable bonds is 6. The van der Waals surface area contributed by atoms with Crippen molar-refractivity contribution in [3.63, 3.8) is 0 Å². The minimum absolute atomic E-state index is 0.710. The molecule has 1 saturated carbocycles. The summed E-state index contributed by atoms with van der Waals surface area (Å²) in [4.78, 5) is 0. The van der Waals surface area contributed by atoms with Crippen molar-refractivity contribution in [2.45, 2.75) is 43.4 Å². The summed E-state index contributed by atoms with van der Waals surface area (Å²) in [5, 5.41) is 4.56. The van der Waals surface area contributed by atoms with Crippen LogP contribution in [-0.2, 0) is 6.42 Å². The maximum absolute atomic E-state index is 5.18. The van der Waals surface area contributed by atoms with Crippen molar-refractivity contribution in [2.24, 2.45) is 0 Å². The number of hydrogen-bond donors (Lipinski definition) is 1. The number of methoxy groups -OCH3 is 1. The second kappa shape index (κ2) is 7.81. The summed E-state index contributed by atoms with van der Waals surface area (Å²) in [6.45, 7) is 1.08. The Morgan fingerprint density at radius 1 is 1.21 bits per heavy atom. The maximum atomic E-state index is 5.18. The van der Waals surface area contributed by atoms with Gasteiger partial charge in [0.25, 0.3) is 0 Å². The van der Waals surface area contributed by atoms with E-state index in [1.165, 1.54) is 31.2 Å². The van der Waals surface area contributed by atoms with Crippen LogP contribution in [0.15, 0.2) is 24.3 Å². The quantitative estimate of drug-likeness (QED) is 0.861. The molecule has 0 spiro atoms. The van der Waals surface area contributed by atoms with Crippen LogP contribution < -0.4 is 10.1 Å². The van der Waals surface area contributed by atoms with E-state index in [0.29, 0.717) is 6.04 Å². The highest BCUT2D eigenvalue weighted by Gasteiger charge is 2.23. The molecule has 106 valence electrons. The molecule has 1 fully saturated rings. The van der Waals surface area contributed by atoms with Gasteiger partial charge >= 0.3 is 0 Å². The van der Waals surface area contributed by atoms with Gasteiger partial charge in [0.2, 0.25) is 0 Å². The average Bonchev–Trinajstić information content (AvgIpc) is 2.48. The molecule has 2 nitrogen and oxygen atoms in total. The zero-order valence-corrected chi connectivity index (χ0v) is 12.8. The summed E-state index contributed by atoms with van der Waals surface area (Å²) >= 11 is 2.03. The lowest BCUT2D eigenvalue weighted by atomic mass is 9.94. The molecule has 2 unspecified atom stereocenters. The Morgan fingerprint density at radius 2 is 1.95 bits per heavy atom. The van der Waals surface area contributed by atoms with Crippen LogP contribution in [-0.4, -0.2) is 31.2 Å². The Balaban J connectivity index is 1.75. The summed E-state index contributed by atoms with van der Waals surface area (Å²) < 4.78 is 5.18. The van der Waals surface area contributed by atoms with Crippen LogP contribution in [0.1, 0.15) is 31.2 Å². The summed E-state index contributed by atoms with van der Waals surface area (Å²) in [5.41, 5.74) is 1.38.